The Bertz CT molecular complexity index is 552. The standard InChI is InChI=1S/C14H19N5O/c1-11-10-15-6-4-13(11)16-7-8-17-14(20)12(2)19-9-3-5-18-19/h3-6,9-10,12H,7-8H2,1-2H3,(H,15,16)(H,17,20)/t12-/m1/s1. The van der Waals surface area contributed by atoms with Crippen molar-refractivity contribution in [3.05, 3.63) is 42.5 Å². The molecule has 2 N–H and O–H groups in total. The fourth-order valence-corrected chi connectivity index (χ4v) is 1.83. The Morgan fingerprint density at radius 2 is 2.25 bits per heavy atom. The predicted molar refractivity (Wildman–Crippen MR) is 77.4 cm³/mol. The molecule has 0 saturated heterocycles. The van der Waals surface area contributed by atoms with Crippen LogP contribution in [0.2, 0.25) is 0 Å². The second-order valence-corrected chi connectivity index (χ2v) is 4.57. The van der Waals surface area contributed by atoms with Crippen LogP contribution in [0.4, 0.5) is 5.69 Å². The Hall–Kier alpha value is -2.37. The highest BCUT2D eigenvalue weighted by atomic mass is 16.2. The number of carbonyl (C=O) groups is 1. The van der Waals surface area contributed by atoms with Crippen LogP contribution in [0.5, 0.6) is 0 Å². The lowest BCUT2D eigenvalue weighted by molar-refractivity contribution is -0.124. The van der Waals surface area contributed by atoms with Crippen molar-refractivity contribution in [3.63, 3.8) is 0 Å². The number of hydrogen-bond acceptors (Lipinski definition) is 4. The van der Waals surface area contributed by atoms with Gasteiger partial charge in [0, 0.05) is 43.6 Å². The number of hydrogen-bond donors (Lipinski definition) is 2. The van der Waals surface area contributed by atoms with Gasteiger partial charge in [0.25, 0.3) is 0 Å². The van der Waals surface area contributed by atoms with Gasteiger partial charge >= 0.3 is 0 Å². The summed E-state index contributed by atoms with van der Waals surface area (Å²) in [6, 6.07) is 3.42. The van der Waals surface area contributed by atoms with Crippen LogP contribution in [0.3, 0.4) is 0 Å². The average molecular weight is 273 g/mol. The molecule has 1 amide bonds. The Morgan fingerprint density at radius 1 is 1.40 bits per heavy atom. The van der Waals surface area contributed by atoms with Crippen molar-refractivity contribution in [2.24, 2.45) is 0 Å². The van der Waals surface area contributed by atoms with Crippen LogP contribution in [-0.2, 0) is 4.79 Å². The molecule has 0 aromatic carbocycles. The van der Waals surface area contributed by atoms with E-state index in [2.05, 4.69) is 20.7 Å². The number of pyridine rings is 1. The summed E-state index contributed by atoms with van der Waals surface area (Å²) >= 11 is 0. The van der Waals surface area contributed by atoms with Gasteiger partial charge in [-0.1, -0.05) is 0 Å². The topological polar surface area (TPSA) is 71.8 Å². The highest BCUT2D eigenvalue weighted by Gasteiger charge is 2.13. The summed E-state index contributed by atoms with van der Waals surface area (Å²) in [4.78, 5) is 15.9. The molecule has 20 heavy (non-hydrogen) atoms. The molecular weight excluding hydrogens is 254 g/mol. The number of anilines is 1. The van der Waals surface area contributed by atoms with Gasteiger partial charge in [0.2, 0.25) is 5.91 Å². The first-order valence-corrected chi connectivity index (χ1v) is 6.60. The lowest BCUT2D eigenvalue weighted by atomic mass is 10.2. The van der Waals surface area contributed by atoms with Gasteiger partial charge in [-0.15, -0.1) is 0 Å². The van der Waals surface area contributed by atoms with Crippen LogP contribution >= 0.6 is 0 Å². The Balaban J connectivity index is 1.73. The third-order valence-electron chi connectivity index (χ3n) is 3.06. The summed E-state index contributed by atoms with van der Waals surface area (Å²) in [5, 5.41) is 10.2. The molecular formula is C14H19N5O. The molecule has 0 saturated carbocycles. The number of aryl methyl sites for hydroxylation is 1. The van der Waals surface area contributed by atoms with Crippen molar-refractivity contribution in [2.45, 2.75) is 19.9 Å². The van der Waals surface area contributed by atoms with Crippen LogP contribution in [-0.4, -0.2) is 33.8 Å². The molecule has 0 bridgehead atoms. The molecule has 106 valence electrons. The maximum atomic E-state index is 11.9. The molecule has 2 aromatic heterocycles. The quantitative estimate of drug-likeness (QED) is 0.780. The maximum Gasteiger partial charge on any atom is 0.244 e. The molecule has 6 heteroatoms. The molecule has 0 radical (unpaired) electrons. The zero-order valence-corrected chi connectivity index (χ0v) is 11.7. The van der Waals surface area contributed by atoms with Gasteiger partial charge in [-0.25, -0.2) is 0 Å². The number of carbonyl (C=O) groups excluding carboxylic acids is 1. The van der Waals surface area contributed by atoms with E-state index < -0.39 is 0 Å². The Labute approximate surface area is 118 Å². The normalized spacial score (nSPS) is 11.9. The zero-order chi connectivity index (χ0) is 14.4. The highest BCUT2D eigenvalue weighted by molar-refractivity contribution is 5.79. The van der Waals surface area contributed by atoms with Crippen LogP contribution in [0.1, 0.15) is 18.5 Å². The van der Waals surface area contributed by atoms with Crippen molar-refractivity contribution >= 4 is 11.6 Å². The predicted octanol–water partition coefficient (Wildman–Crippen LogP) is 1.38. The average Bonchev–Trinajstić information content (AvgIpc) is 2.98. The van der Waals surface area contributed by atoms with Gasteiger partial charge < -0.3 is 10.6 Å². The monoisotopic (exact) mass is 273 g/mol. The smallest absolute Gasteiger partial charge is 0.244 e. The van der Waals surface area contributed by atoms with Gasteiger partial charge in [-0.3, -0.25) is 14.5 Å². The molecule has 0 aliphatic heterocycles. The first kappa shape index (κ1) is 14.0. The first-order valence-electron chi connectivity index (χ1n) is 6.60. The van der Waals surface area contributed by atoms with Gasteiger partial charge in [0.1, 0.15) is 6.04 Å². The summed E-state index contributed by atoms with van der Waals surface area (Å²) in [5.41, 5.74) is 2.12. The SMILES string of the molecule is Cc1cnccc1NCCNC(=O)[C@@H](C)n1cccn1. The zero-order valence-electron chi connectivity index (χ0n) is 11.7. The second-order valence-electron chi connectivity index (χ2n) is 4.57. The van der Waals surface area contributed by atoms with Crippen molar-refractivity contribution in [1.82, 2.24) is 20.1 Å². The number of nitrogens with zero attached hydrogens (tertiary/aromatic N) is 3. The van der Waals surface area contributed by atoms with Crippen molar-refractivity contribution < 1.29 is 4.79 Å². The Kier molecular flexibility index (Phi) is 4.70. The van der Waals surface area contributed by atoms with Crippen molar-refractivity contribution in [3.8, 4) is 0 Å². The van der Waals surface area contributed by atoms with E-state index in [1.54, 1.807) is 35.5 Å². The first-order chi connectivity index (χ1) is 9.68. The molecule has 1 atom stereocenters. The Morgan fingerprint density at radius 3 is 2.95 bits per heavy atom. The van der Waals surface area contributed by atoms with Gasteiger partial charge in [-0.05, 0) is 31.5 Å². The fourth-order valence-electron chi connectivity index (χ4n) is 1.83. The minimum atomic E-state index is -0.298. The summed E-state index contributed by atoms with van der Waals surface area (Å²) in [6.45, 7) is 5.05. The van der Waals surface area contributed by atoms with Crippen LogP contribution in [0, 0.1) is 6.92 Å². The minimum absolute atomic E-state index is 0.0399. The van der Waals surface area contributed by atoms with Crippen LogP contribution in [0.15, 0.2) is 36.9 Å². The molecule has 2 rings (SSSR count). The van der Waals surface area contributed by atoms with Gasteiger partial charge in [0.05, 0.1) is 0 Å². The van der Waals surface area contributed by atoms with E-state index in [9.17, 15) is 4.79 Å². The van der Waals surface area contributed by atoms with E-state index in [4.69, 9.17) is 0 Å². The summed E-state index contributed by atoms with van der Waals surface area (Å²) in [6.07, 6.45) is 6.99. The lowest BCUT2D eigenvalue weighted by Gasteiger charge is -2.13. The molecule has 0 unspecified atom stereocenters. The third-order valence-corrected chi connectivity index (χ3v) is 3.06. The summed E-state index contributed by atoms with van der Waals surface area (Å²) in [7, 11) is 0. The molecule has 6 nitrogen and oxygen atoms in total. The summed E-state index contributed by atoms with van der Waals surface area (Å²) in [5.74, 6) is -0.0399. The number of aromatic nitrogens is 3. The highest BCUT2D eigenvalue weighted by Crippen LogP contribution is 2.10. The molecule has 0 spiro atoms. The molecule has 0 aliphatic rings. The fraction of sp³-hybridized carbons (Fsp3) is 0.357. The van der Waals surface area contributed by atoms with E-state index in [0.29, 0.717) is 13.1 Å². The molecule has 2 aromatic rings. The minimum Gasteiger partial charge on any atom is -0.383 e. The van der Waals surface area contributed by atoms with Gasteiger partial charge in [0.15, 0.2) is 0 Å². The number of nitrogens with one attached hydrogen (secondary N) is 2. The maximum absolute atomic E-state index is 11.9. The van der Waals surface area contributed by atoms with E-state index in [1.165, 1.54) is 0 Å². The van der Waals surface area contributed by atoms with Crippen molar-refractivity contribution in [1.29, 1.82) is 0 Å². The lowest BCUT2D eigenvalue weighted by Crippen LogP contribution is -2.34. The van der Waals surface area contributed by atoms with E-state index in [-0.39, 0.29) is 11.9 Å². The second kappa shape index (κ2) is 6.70. The van der Waals surface area contributed by atoms with Crippen molar-refractivity contribution in [2.75, 3.05) is 18.4 Å². The van der Waals surface area contributed by atoms with Crippen LogP contribution < -0.4 is 10.6 Å². The van der Waals surface area contributed by atoms with E-state index in [1.807, 2.05) is 19.9 Å². The largest absolute Gasteiger partial charge is 0.383 e. The summed E-state index contributed by atoms with van der Waals surface area (Å²) < 4.78 is 1.63. The number of rotatable bonds is 6. The van der Waals surface area contributed by atoms with Crippen LogP contribution in [0.25, 0.3) is 0 Å². The van der Waals surface area contributed by atoms with E-state index >= 15 is 0 Å². The van der Waals surface area contributed by atoms with Gasteiger partial charge in [-0.2, -0.15) is 5.10 Å². The van der Waals surface area contributed by atoms with E-state index in [0.717, 1.165) is 11.3 Å². The molecule has 0 fully saturated rings. The molecule has 0 aliphatic carbocycles. The third kappa shape index (κ3) is 3.57. The molecule has 2 heterocycles. The number of amides is 1.